The summed E-state index contributed by atoms with van der Waals surface area (Å²) in [4.78, 5) is 0. The molecule has 0 unspecified atom stereocenters. The summed E-state index contributed by atoms with van der Waals surface area (Å²) in [5.41, 5.74) is 1.53. The Hall–Kier alpha value is -1.06. The summed E-state index contributed by atoms with van der Waals surface area (Å²) in [6.45, 7) is 12.8. The Morgan fingerprint density at radius 1 is 1.00 bits per heavy atom. The number of ether oxygens (including phenoxy) is 2. The van der Waals surface area contributed by atoms with Gasteiger partial charge in [-0.05, 0) is 43.0 Å². The highest BCUT2D eigenvalue weighted by Crippen LogP contribution is 2.24. The zero-order chi connectivity index (χ0) is 14.8. The van der Waals surface area contributed by atoms with Gasteiger partial charge in [-0.25, -0.2) is 0 Å². The lowest BCUT2D eigenvalue weighted by Crippen LogP contribution is -2.23. The van der Waals surface area contributed by atoms with Crippen LogP contribution in [0.15, 0.2) is 24.3 Å². The number of rotatable bonds is 9. The summed E-state index contributed by atoms with van der Waals surface area (Å²) in [6, 6.07) is 8.39. The van der Waals surface area contributed by atoms with E-state index in [0.29, 0.717) is 6.61 Å². The van der Waals surface area contributed by atoms with Crippen LogP contribution in [0.4, 0.5) is 0 Å². The van der Waals surface area contributed by atoms with Gasteiger partial charge in [-0.1, -0.05) is 32.9 Å². The normalized spacial score (nSPS) is 11.6. The van der Waals surface area contributed by atoms with Crippen molar-refractivity contribution in [3.05, 3.63) is 29.8 Å². The quantitative estimate of drug-likeness (QED) is 0.703. The molecular formula is C17H29NO2. The van der Waals surface area contributed by atoms with Crippen LogP contribution in [0.2, 0.25) is 0 Å². The van der Waals surface area contributed by atoms with Crippen molar-refractivity contribution in [2.45, 2.75) is 39.5 Å². The molecule has 1 aromatic carbocycles. The summed E-state index contributed by atoms with van der Waals surface area (Å²) in [7, 11) is 0. The molecule has 1 aromatic rings. The van der Waals surface area contributed by atoms with E-state index in [1.807, 2.05) is 6.92 Å². The summed E-state index contributed by atoms with van der Waals surface area (Å²) in [6.07, 6.45) is 1.05. The van der Waals surface area contributed by atoms with Crippen LogP contribution >= 0.6 is 0 Å². The minimum atomic E-state index is 0.195. The Labute approximate surface area is 123 Å². The minimum absolute atomic E-state index is 0.195. The van der Waals surface area contributed by atoms with E-state index >= 15 is 0 Å². The van der Waals surface area contributed by atoms with Crippen LogP contribution < -0.4 is 10.1 Å². The van der Waals surface area contributed by atoms with Crippen molar-refractivity contribution >= 4 is 0 Å². The zero-order valence-corrected chi connectivity index (χ0v) is 13.4. The van der Waals surface area contributed by atoms with Crippen LogP contribution in [0.25, 0.3) is 0 Å². The lowest BCUT2D eigenvalue weighted by atomic mass is 9.87. The van der Waals surface area contributed by atoms with Crippen LogP contribution in [0.1, 0.15) is 39.7 Å². The summed E-state index contributed by atoms with van der Waals surface area (Å²) < 4.78 is 11.0. The first-order chi connectivity index (χ1) is 9.54. The molecule has 20 heavy (non-hydrogen) atoms. The molecule has 1 rings (SSSR count). The van der Waals surface area contributed by atoms with Crippen LogP contribution in [0.5, 0.6) is 5.75 Å². The van der Waals surface area contributed by atoms with Gasteiger partial charge >= 0.3 is 0 Å². The van der Waals surface area contributed by atoms with E-state index < -0.39 is 0 Å². The summed E-state index contributed by atoms with van der Waals surface area (Å²) >= 11 is 0. The van der Waals surface area contributed by atoms with Crippen molar-refractivity contribution in [3.63, 3.8) is 0 Å². The van der Waals surface area contributed by atoms with Gasteiger partial charge in [0, 0.05) is 19.8 Å². The molecule has 0 spiro atoms. The van der Waals surface area contributed by atoms with Crippen LogP contribution in [0, 0.1) is 0 Å². The molecule has 0 heterocycles. The first-order valence-corrected chi connectivity index (χ1v) is 7.56. The van der Waals surface area contributed by atoms with Crippen molar-refractivity contribution in [2.75, 3.05) is 32.9 Å². The Morgan fingerprint density at radius 3 is 2.30 bits per heavy atom. The maximum Gasteiger partial charge on any atom is 0.119 e. The Kier molecular flexibility index (Phi) is 7.63. The second kappa shape index (κ2) is 8.98. The molecule has 0 aliphatic carbocycles. The van der Waals surface area contributed by atoms with Gasteiger partial charge in [-0.3, -0.25) is 0 Å². The Bertz CT molecular complexity index is 354. The van der Waals surface area contributed by atoms with Crippen LogP contribution in [-0.2, 0) is 10.2 Å². The molecule has 0 saturated carbocycles. The fourth-order valence-electron chi connectivity index (χ4n) is 1.86. The Balaban J connectivity index is 2.13. The van der Waals surface area contributed by atoms with Gasteiger partial charge in [-0.15, -0.1) is 0 Å². The largest absolute Gasteiger partial charge is 0.492 e. The minimum Gasteiger partial charge on any atom is -0.492 e. The summed E-state index contributed by atoms with van der Waals surface area (Å²) in [5.74, 6) is 0.939. The third-order valence-corrected chi connectivity index (χ3v) is 3.11. The van der Waals surface area contributed by atoms with Gasteiger partial charge in [0.05, 0.1) is 0 Å². The molecule has 0 amide bonds. The van der Waals surface area contributed by atoms with E-state index in [0.717, 1.165) is 38.5 Å². The van der Waals surface area contributed by atoms with E-state index in [1.165, 1.54) is 5.56 Å². The number of hydrogen-bond acceptors (Lipinski definition) is 3. The second-order valence-electron chi connectivity index (χ2n) is 5.92. The standard InChI is InChI=1S/C17H29NO2/c1-5-19-13-6-11-18-12-14-20-16-9-7-15(8-10-16)17(2,3)4/h7-10,18H,5-6,11-14H2,1-4H3. The second-order valence-corrected chi connectivity index (χ2v) is 5.92. The van der Waals surface area contributed by atoms with Crippen LogP contribution in [0.3, 0.4) is 0 Å². The number of hydrogen-bond donors (Lipinski definition) is 1. The predicted octanol–water partition coefficient (Wildman–Crippen LogP) is 3.38. The van der Waals surface area contributed by atoms with Crippen molar-refractivity contribution in [3.8, 4) is 5.75 Å². The smallest absolute Gasteiger partial charge is 0.119 e. The molecule has 0 radical (unpaired) electrons. The molecule has 0 aromatic heterocycles. The first-order valence-electron chi connectivity index (χ1n) is 7.56. The lowest BCUT2D eigenvalue weighted by Gasteiger charge is -2.19. The molecule has 0 atom stereocenters. The van der Waals surface area contributed by atoms with Crippen LogP contribution in [-0.4, -0.2) is 32.9 Å². The molecular weight excluding hydrogens is 250 g/mol. The van der Waals surface area contributed by atoms with E-state index in [1.54, 1.807) is 0 Å². The van der Waals surface area contributed by atoms with Crippen molar-refractivity contribution in [1.82, 2.24) is 5.32 Å². The molecule has 0 fully saturated rings. The molecule has 114 valence electrons. The molecule has 1 N–H and O–H groups in total. The predicted molar refractivity (Wildman–Crippen MR) is 84.6 cm³/mol. The molecule has 0 saturated heterocycles. The highest BCUT2D eigenvalue weighted by Gasteiger charge is 2.12. The van der Waals surface area contributed by atoms with Gasteiger partial charge in [0.25, 0.3) is 0 Å². The third-order valence-electron chi connectivity index (χ3n) is 3.11. The highest BCUT2D eigenvalue weighted by molar-refractivity contribution is 5.31. The highest BCUT2D eigenvalue weighted by atomic mass is 16.5. The molecule has 0 aliphatic heterocycles. The average molecular weight is 279 g/mol. The Morgan fingerprint density at radius 2 is 1.70 bits per heavy atom. The van der Waals surface area contributed by atoms with Gasteiger partial charge < -0.3 is 14.8 Å². The monoisotopic (exact) mass is 279 g/mol. The average Bonchev–Trinajstić information content (AvgIpc) is 2.41. The zero-order valence-electron chi connectivity index (χ0n) is 13.4. The van der Waals surface area contributed by atoms with Gasteiger partial charge in [0.2, 0.25) is 0 Å². The molecule has 3 heteroatoms. The number of nitrogens with one attached hydrogen (secondary N) is 1. The molecule has 0 bridgehead atoms. The molecule has 0 aliphatic rings. The van der Waals surface area contributed by atoms with E-state index in [9.17, 15) is 0 Å². The van der Waals surface area contributed by atoms with Gasteiger partial charge in [-0.2, -0.15) is 0 Å². The SMILES string of the molecule is CCOCCCNCCOc1ccc(C(C)(C)C)cc1. The molecule has 3 nitrogen and oxygen atoms in total. The number of benzene rings is 1. The van der Waals surface area contributed by atoms with Crippen molar-refractivity contribution < 1.29 is 9.47 Å². The fraction of sp³-hybridized carbons (Fsp3) is 0.647. The first kappa shape index (κ1) is 17.0. The van der Waals surface area contributed by atoms with E-state index in [-0.39, 0.29) is 5.41 Å². The van der Waals surface area contributed by atoms with E-state index in [2.05, 4.69) is 50.4 Å². The fourth-order valence-corrected chi connectivity index (χ4v) is 1.86. The lowest BCUT2D eigenvalue weighted by molar-refractivity contribution is 0.144. The van der Waals surface area contributed by atoms with Crippen molar-refractivity contribution in [1.29, 1.82) is 0 Å². The van der Waals surface area contributed by atoms with Crippen molar-refractivity contribution in [2.24, 2.45) is 0 Å². The topological polar surface area (TPSA) is 30.5 Å². The third kappa shape index (κ3) is 6.92. The van der Waals surface area contributed by atoms with Gasteiger partial charge in [0.15, 0.2) is 0 Å². The maximum absolute atomic E-state index is 5.71. The van der Waals surface area contributed by atoms with E-state index in [4.69, 9.17) is 9.47 Å². The van der Waals surface area contributed by atoms with Gasteiger partial charge in [0.1, 0.15) is 12.4 Å². The maximum atomic E-state index is 5.71. The summed E-state index contributed by atoms with van der Waals surface area (Å²) in [5, 5.41) is 3.35.